The highest BCUT2D eigenvalue weighted by atomic mass is 16.5. The number of hydrogen-bond donors (Lipinski definition) is 1. The van der Waals surface area contributed by atoms with E-state index in [0.29, 0.717) is 0 Å². The van der Waals surface area contributed by atoms with Crippen molar-refractivity contribution in [1.82, 2.24) is 19.9 Å². The fourth-order valence-electron chi connectivity index (χ4n) is 2.01. The van der Waals surface area contributed by atoms with E-state index >= 15 is 0 Å². The molecule has 0 aliphatic carbocycles. The molecule has 0 aromatic carbocycles. The van der Waals surface area contributed by atoms with E-state index < -0.39 is 0 Å². The summed E-state index contributed by atoms with van der Waals surface area (Å²) in [6, 6.07) is 2.03. The molecule has 0 amide bonds. The first-order valence-corrected chi connectivity index (χ1v) is 6.45. The Morgan fingerprint density at radius 3 is 2.89 bits per heavy atom. The molecule has 0 radical (unpaired) electrons. The van der Waals surface area contributed by atoms with Crippen molar-refractivity contribution < 1.29 is 4.74 Å². The first kappa shape index (κ1) is 13.5. The lowest BCUT2D eigenvalue weighted by molar-refractivity contribution is 0.411. The molecule has 19 heavy (non-hydrogen) atoms. The second kappa shape index (κ2) is 6.33. The van der Waals surface area contributed by atoms with Gasteiger partial charge in [0.1, 0.15) is 11.6 Å². The summed E-state index contributed by atoms with van der Waals surface area (Å²) in [4.78, 5) is 8.65. The molecule has 1 unspecified atom stereocenters. The molecule has 1 N–H and O–H groups in total. The lowest BCUT2D eigenvalue weighted by atomic mass is 10.1. The second-order valence-corrected chi connectivity index (χ2v) is 4.44. The van der Waals surface area contributed by atoms with Gasteiger partial charge in [0.15, 0.2) is 0 Å². The maximum atomic E-state index is 5.24. The molecule has 0 saturated carbocycles. The van der Waals surface area contributed by atoms with Gasteiger partial charge in [0.05, 0.1) is 19.3 Å². The molecule has 5 heteroatoms. The van der Waals surface area contributed by atoms with Gasteiger partial charge in [-0.05, 0) is 24.6 Å². The van der Waals surface area contributed by atoms with Gasteiger partial charge < -0.3 is 14.6 Å². The molecule has 0 aliphatic heterocycles. The Balaban J connectivity index is 2.34. The topological polar surface area (TPSA) is 52.0 Å². The minimum atomic E-state index is 0.0301. The highest BCUT2D eigenvalue weighted by Crippen LogP contribution is 2.22. The van der Waals surface area contributed by atoms with Crippen LogP contribution in [0.2, 0.25) is 0 Å². The van der Waals surface area contributed by atoms with E-state index in [1.807, 2.05) is 36.3 Å². The van der Waals surface area contributed by atoms with Crippen LogP contribution in [-0.2, 0) is 7.05 Å². The van der Waals surface area contributed by atoms with E-state index in [4.69, 9.17) is 4.74 Å². The van der Waals surface area contributed by atoms with Crippen molar-refractivity contribution in [2.45, 2.75) is 19.4 Å². The smallest absolute Gasteiger partial charge is 0.137 e. The number of hydrogen-bond acceptors (Lipinski definition) is 4. The van der Waals surface area contributed by atoms with Crippen molar-refractivity contribution in [2.24, 2.45) is 7.05 Å². The fourth-order valence-corrected chi connectivity index (χ4v) is 2.01. The SMILES string of the molecule is CCCNC(c1cncc(OC)c1)c1nccn1C. The Labute approximate surface area is 113 Å². The van der Waals surface area contributed by atoms with Crippen LogP contribution in [0.25, 0.3) is 0 Å². The van der Waals surface area contributed by atoms with E-state index in [-0.39, 0.29) is 6.04 Å². The summed E-state index contributed by atoms with van der Waals surface area (Å²) in [7, 11) is 3.65. The second-order valence-electron chi connectivity index (χ2n) is 4.44. The molecule has 0 spiro atoms. The minimum Gasteiger partial charge on any atom is -0.495 e. The average Bonchev–Trinajstić information content (AvgIpc) is 2.86. The van der Waals surface area contributed by atoms with Crippen LogP contribution in [0.5, 0.6) is 5.75 Å². The minimum absolute atomic E-state index is 0.0301. The number of pyridine rings is 1. The number of imidazole rings is 1. The summed E-state index contributed by atoms with van der Waals surface area (Å²) in [6.45, 7) is 3.07. The number of ether oxygens (including phenoxy) is 1. The number of aryl methyl sites for hydroxylation is 1. The standard InChI is InChI=1S/C14H20N4O/c1-4-5-16-13(14-17-6-7-18(14)2)11-8-12(19-3)10-15-9-11/h6-10,13,16H,4-5H2,1-3H3. The first-order chi connectivity index (χ1) is 9.26. The highest BCUT2D eigenvalue weighted by Gasteiger charge is 2.18. The van der Waals surface area contributed by atoms with Crippen LogP contribution >= 0.6 is 0 Å². The number of rotatable bonds is 6. The van der Waals surface area contributed by atoms with Crippen LogP contribution in [-0.4, -0.2) is 28.2 Å². The molecule has 2 aromatic rings. The van der Waals surface area contributed by atoms with E-state index in [1.165, 1.54) is 0 Å². The summed E-state index contributed by atoms with van der Waals surface area (Å²) < 4.78 is 7.26. The van der Waals surface area contributed by atoms with Crippen LogP contribution in [0.15, 0.2) is 30.9 Å². The van der Waals surface area contributed by atoms with E-state index in [1.54, 1.807) is 13.3 Å². The zero-order valence-corrected chi connectivity index (χ0v) is 11.6. The van der Waals surface area contributed by atoms with Crippen molar-refractivity contribution in [2.75, 3.05) is 13.7 Å². The molecule has 0 saturated heterocycles. The van der Waals surface area contributed by atoms with Crippen molar-refractivity contribution in [1.29, 1.82) is 0 Å². The van der Waals surface area contributed by atoms with Crippen LogP contribution in [0.1, 0.15) is 30.8 Å². The Morgan fingerprint density at radius 1 is 1.42 bits per heavy atom. The highest BCUT2D eigenvalue weighted by molar-refractivity contribution is 5.29. The third kappa shape index (κ3) is 3.12. The maximum absolute atomic E-state index is 5.24. The lowest BCUT2D eigenvalue weighted by Gasteiger charge is -2.19. The van der Waals surface area contributed by atoms with Gasteiger partial charge in [0, 0.05) is 25.6 Å². The molecule has 0 bridgehead atoms. The molecular weight excluding hydrogens is 240 g/mol. The Morgan fingerprint density at radius 2 is 2.26 bits per heavy atom. The van der Waals surface area contributed by atoms with Crippen molar-refractivity contribution >= 4 is 0 Å². The molecule has 5 nitrogen and oxygen atoms in total. The van der Waals surface area contributed by atoms with Gasteiger partial charge in [-0.1, -0.05) is 6.92 Å². The van der Waals surface area contributed by atoms with Crippen LogP contribution in [0, 0.1) is 0 Å². The number of nitrogens with one attached hydrogen (secondary N) is 1. The summed E-state index contributed by atoms with van der Waals surface area (Å²) in [5.41, 5.74) is 1.06. The fraction of sp³-hybridized carbons (Fsp3) is 0.429. The van der Waals surface area contributed by atoms with Gasteiger partial charge in [0.2, 0.25) is 0 Å². The molecular formula is C14H20N4O. The summed E-state index contributed by atoms with van der Waals surface area (Å²) in [5, 5.41) is 3.50. The molecule has 102 valence electrons. The van der Waals surface area contributed by atoms with E-state index in [9.17, 15) is 0 Å². The average molecular weight is 260 g/mol. The summed E-state index contributed by atoms with van der Waals surface area (Å²) in [6.07, 6.45) is 8.38. The largest absolute Gasteiger partial charge is 0.495 e. The van der Waals surface area contributed by atoms with Gasteiger partial charge in [-0.25, -0.2) is 4.98 Å². The predicted molar refractivity (Wildman–Crippen MR) is 74.1 cm³/mol. The van der Waals surface area contributed by atoms with Gasteiger partial charge >= 0.3 is 0 Å². The zero-order valence-electron chi connectivity index (χ0n) is 11.6. The third-order valence-electron chi connectivity index (χ3n) is 3.02. The van der Waals surface area contributed by atoms with Crippen LogP contribution in [0.3, 0.4) is 0 Å². The molecule has 2 heterocycles. The number of methoxy groups -OCH3 is 1. The molecule has 2 rings (SSSR count). The van der Waals surface area contributed by atoms with Crippen molar-refractivity contribution in [3.63, 3.8) is 0 Å². The van der Waals surface area contributed by atoms with Gasteiger partial charge in [-0.2, -0.15) is 0 Å². The van der Waals surface area contributed by atoms with Crippen molar-refractivity contribution in [3.8, 4) is 5.75 Å². The maximum Gasteiger partial charge on any atom is 0.137 e. The Hall–Kier alpha value is -1.88. The Bertz CT molecular complexity index is 524. The van der Waals surface area contributed by atoms with E-state index in [0.717, 1.165) is 30.1 Å². The van der Waals surface area contributed by atoms with Crippen LogP contribution < -0.4 is 10.1 Å². The Kier molecular flexibility index (Phi) is 4.52. The number of aromatic nitrogens is 3. The third-order valence-corrected chi connectivity index (χ3v) is 3.02. The monoisotopic (exact) mass is 260 g/mol. The summed E-state index contributed by atoms with van der Waals surface area (Å²) >= 11 is 0. The predicted octanol–water partition coefficient (Wildman–Crippen LogP) is 1.91. The van der Waals surface area contributed by atoms with Gasteiger partial charge in [-0.15, -0.1) is 0 Å². The molecule has 2 aromatic heterocycles. The van der Waals surface area contributed by atoms with E-state index in [2.05, 4.69) is 22.2 Å². The first-order valence-electron chi connectivity index (χ1n) is 6.45. The molecule has 0 fully saturated rings. The van der Waals surface area contributed by atoms with Gasteiger partial charge in [-0.3, -0.25) is 4.98 Å². The molecule has 1 atom stereocenters. The normalized spacial score (nSPS) is 12.4. The quantitative estimate of drug-likeness (QED) is 0.862. The number of nitrogens with zero attached hydrogens (tertiary/aromatic N) is 3. The van der Waals surface area contributed by atoms with Crippen molar-refractivity contribution in [3.05, 3.63) is 42.2 Å². The summed E-state index contributed by atoms with van der Waals surface area (Å²) in [5.74, 6) is 1.73. The zero-order chi connectivity index (χ0) is 13.7. The lowest BCUT2D eigenvalue weighted by Crippen LogP contribution is -2.26. The van der Waals surface area contributed by atoms with Crippen LogP contribution in [0.4, 0.5) is 0 Å². The van der Waals surface area contributed by atoms with Gasteiger partial charge in [0.25, 0.3) is 0 Å². The molecule has 0 aliphatic rings.